The molecule has 0 bridgehead atoms. The summed E-state index contributed by atoms with van der Waals surface area (Å²) in [6.45, 7) is 0.480. The van der Waals surface area contributed by atoms with Crippen molar-refractivity contribution in [1.82, 2.24) is 9.80 Å². The molecule has 0 unspecified atom stereocenters. The van der Waals surface area contributed by atoms with E-state index in [1.807, 2.05) is 19.0 Å². The number of ketones is 3. The fourth-order valence-corrected chi connectivity index (χ4v) is 5.97. The van der Waals surface area contributed by atoms with E-state index in [0.717, 1.165) is 0 Å². The average Bonchev–Trinajstić information content (AvgIpc) is 2.79. The predicted molar refractivity (Wildman–Crippen MR) is 131 cm³/mol. The van der Waals surface area contributed by atoms with Crippen molar-refractivity contribution in [2.45, 2.75) is 30.9 Å². The number of rotatable bonds is 6. The number of phenolic OH excluding ortho intramolecular Hbond substituents is 1. The zero-order chi connectivity index (χ0) is 27.6. The maximum Gasteiger partial charge on any atom is 0.255 e. The molecule has 11 heteroatoms. The highest BCUT2D eigenvalue weighted by molar-refractivity contribution is 6.25. The highest BCUT2D eigenvalue weighted by Gasteiger charge is 2.63. The number of aromatic hydroxyl groups is 1. The van der Waals surface area contributed by atoms with Crippen LogP contribution < -0.4 is 5.73 Å². The fraction of sp³-hybridized carbons (Fsp3) is 0.462. The molecule has 1 aromatic rings. The molecule has 0 saturated carbocycles. The molecule has 0 aliphatic heterocycles. The summed E-state index contributed by atoms with van der Waals surface area (Å²) in [6.07, 6.45) is 0.226. The van der Waals surface area contributed by atoms with E-state index < -0.39 is 63.8 Å². The van der Waals surface area contributed by atoms with Gasteiger partial charge < -0.3 is 31.1 Å². The lowest BCUT2D eigenvalue weighted by molar-refractivity contribution is -0.148. The van der Waals surface area contributed by atoms with Gasteiger partial charge in [-0.2, -0.15) is 0 Å². The van der Waals surface area contributed by atoms with Crippen LogP contribution in [0.5, 0.6) is 5.75 Å². The SMILES string of the molecule is CN(C)CCC(=O)c1ccc(O)c2c1C[C@H]1C[C@H]3[C@@H](N(C)C)C(O)=C(C(N)=O)C(=O)[C@@]3(O)C(O)=C1C2=O. The molecule has 11 nitrogen and oxygen atoms in total. The number of amides is 1. The molecule has 6 N–H and O–H groups in total. The van der Waals surface area contributed by atoms with E-state index in [-0.39, 0.29) is 41.7 Å². The van der Waals surface area contributed by atoms with E-state index >= 15 is 0 Å². The van der Waals surface area contributed by atoms with Gasteiger partial charge in [0.15, 0.2) is 17.2 Å². The number of primary amides is 1. The summed E-state index contributed by atoms with van der Waals surface area (Å²) in [6, 6.07) is 1.63. The number of hydrogen-bond acceptors (Lipinski definition) is 10. The molecule has 0 saturated heterocycles. The van der Waals surface area contributed by atoms with Crippen LogP contribution in [0.1, 0.15) is 39.1 Å². The van der Waals surface area contributed by atoms with Crippen molar-refractivity contribution >= 4 is 23.3 Å². The molecule has 0 spiro atoms. The van der Waals surface area contributed by atoms with Gasteiger partial charge in [-0.1, -0.05) is 0 Å². The molecular weight excluding hydrogens is 482 g/mol. The van der Waals surface area contributed by atoms with Gasteiger partial charge in [0.1, 0.15) is 22.8 Å². The molecule has 0 radical (unpaired) electrons. The second-order valence-corrected chi connectivity index (χ2v) is 10.4. The maximum atomic E-state index is 13.7. The van der Waals surface area contributed by atoms with Crippen LogP contribution in [0.2, 0.25) is 0 Å². The Morgan fingerprint density at radius 3 is 2.32 bits per heavy atom. The number of benzene rings is 1. The minimum atomic E-state index is -2.70. The Labute approximate surface area is 213 Å². The summed E-state index contributed by atoms with van der Waals surface area (Å²) in [4.78, 5) is 55.3. The average molecular weight is 514 g/mol. The molecule has 0 fully saturated rings. The van der Waals surface area contributed by atoms with Gasteiger partial charge in [0.05, 0.1) is 11.6 Å². The van der Waals surface area contributed by atoms with Gasteiger partial charge >= 0.3 is 0 Å². The van der Waals surface area contributed by atoms with Crippen LogP contribution in [0.3, 0.4) is 0 Å². The van der Waals surface area contributed by atoms with E-state index in [2.05, 4.69) is 0 Å². The molecule has 198 valence electrons. The van der Waals surface area contributed by atoms with E-state index in [4.69, 9.17) is 5.73 Å². The van der Waals surface area contributed by atoms with E-state index in [1.54, 1.807) is 14.1 Å². The lowest BCUT2D eigenvalue weighted by atomic mass is 9.58. The quantitative estimate of drug-likeness (QED) is 0.261. The van der Waals surface area contributed by atoms with Crippen LogP contribution in [0, 0.1) is 11.8 Å². The Hall–Kier alpha value is -3.54. The number of aliphatic hydroxyl groups excluding tert-OH is 2. The molecule has 37 heavy (non-hydrogen) atoms. The van der Waals surface area contributed by atoms with Crippen LogP contribution in [0.25, 0.3) is 0 Å². The summed E-state index contributed by atoms with van der Waals surface area (Å²) in [7, 11) is 6.78. The largest absolute Gasteiger partial charge is 0.510 e. The maximum absolute atomic E-state index is 13.7. The van der Waals surface area contributed by atoms with Crippen molar-refractivity contribution in [3.63, 3.8) is 0 Å². The van der Waals surface area contributed by atoms with Gasteiger partial charge in [-0.05, 0) is 64.6 Å². The molecule has 4 rings (SSSR count). The normalized spacial score (nSPS) is 27.4. The van der Waals surface area contributed by atoms with E-state index in [0.29, 0.717) is 12.1 Å². The Kier molecular flexibility index (Phi) is 6.51. The highest BCUT2D eigenvalue weighted by atomic mass is 16.3. The third-order valence-electron chi connectivity index (χ3n) is 7.69. The van der Waals surface area contributed by atoms with Crippen molar-refractivity contribution in [3.8, 4) is 5.75 Å². The van der Waals surface area contributed by atoms with Crippen molar-refractivity contribution in [1.29, 1.82) is 0 Å². The second kappa shape index (κ2) is 9.09. The molecule has 0 aromatic heterocycles. The number of carbonyl (C=O) groups excluding carboxylic acids is 4. The third-order valence-corrected chi connectivity index (χ3v) is 7.69. The first-order valence-electron chi connectivity index (χ1n) is 11.9. The summed E-state index contributed by atoms with van der Waals surface area (Å²) in [5, 5.41) is 44.3. The molecule has 1 aromatic carbocycles. The van der Waals surface area contributed by atoms with Crippen LogP contribution in [0.4, 0.5) is 0 Å². The van der Waals surface area contributed by atoms with E-state index in [1.165, 1.54) is 17.0 Å². The zero-order valence-corrected chi connectivity index (χ0v) is 21.1. The third kappa shape index (κ3) is 3.85. The predicted octanol–water partition coefficient (Wildman–Crippen LogP) is 0.255. The van der Waals surface area contributed by atoms with Crippen LogP contribution >= 0.6 is 0 Å². The number of hydrogen-bond donors (Lipinski definition) is 5. The van der Waals surface area contributed by atoms with E-state index in [9.17, 15) is 39.6 Å². The van der Waals surface area contributed by atoms with Crippen LogP contribution in [0.15, 0.2) is 34.8 Å². The summed E-state index contributed by atoms with van der Waals surface area (Å²) in [5.74, 6) is -7.41. The van der Waals surface area contributed by atoms with Gasteiger partial charge in [-0.25, -0.2) is 0 Å². The lowest BCUT2D eigenvalue weighted by Crippen LogP contribution is -2.63. The number of aliphatic hydroxyl groups is 3. The van der Waals surface area contributed by atoms with Gasteiger partial charge in [0.25, 0.3) is 5.91 Å². The summed E-state index contributed by atoms with van der Waals surface area (Å²) < 4.78 is 0. The Bertz CT molecular complexity index is 1290. The number of Topliss-reactive ketones (excluding diaryl/α,β-unsaturated/α-hetero) is 3. The molecule has 1 amide bonds. The smallest absolute Gasteiger partial charge is 0.255 e. The Morgan fingerprint density at radius 2 is 1.76 bits per heavy atom. The second-order valence-electron chi connectivity index (χ2n) is 10.4. The number of carbonyl (C=O) groups is 4. The first-order valence-corrected chi connectivity index (χ1v) is 11.9. The topological polar surface area (TPSA) is 182 Å². The van der Waals surface area contributed by atoms with Gasteiger partial charge in [-0.3, -0.25) is 24.1 Å². The van der Waals surface area contributed by atoms with Crippen molar-refractivity contribution in [3.05, 3.63) is 51.5 Å². The lowest BCUT2D eigenvalue weighted by Gasteiger charge is -2.50. The Balaban J connectivity index is 1.89. The summed E-state index contributed by atoms with van der Waals surface area (Å²) >= 11 is 0. The number of phenols is 1. The monoisotopic (exact) mass is 513 g/mol. The standard InChI is InChI=1S/C26H31N3O8/c1-28(2)8-7-15(30)12-5-6-16(31)18-13(12)9-11-10-14-20(29(3)4)22(33)19(25(27)36)24(35)26(14,37)23(34)17(11)21(18)32/h5-6,11,14,20,31,33-34,37H,7-10H2,1-4H3,(H2,27,36)/t11-,14-,20+,26-/m0/s1. The van der Waals surface area contributed by atoms with Crippen molar-refractivity contribution in [2.75, 3.05) is 34.7 Å². The van der Waals surface area contributed by atoms with Gasteiger partial charge in [-0.15, -0.1) is 0 Å². The molecule has 4 atom stereocenters. The summed E-state index contributed by atoms with van der Waals surface area (Å²) in [5.41, 5.74) is 1.97. The van der Waals surface area contributed by atoms with Gasteiger partial charge in [0, 0.05) is 30.0 Å². The zero-order valence-electron chi connectivity index (χ0n) is 21.1. The van der Waals surface area contributed by atoms with Gasteiger partial charge in [0.2, 0.25) is 5.78 Å². The number of fused-ring (bicyclic) bond motifs is 3. The first kappa shape index (κ1) is 26.5. The highest BCUT2D eigenvalue weighted by Crippen LogP contribution is 2.52. The van der Waals surface area contributed by atoms with Crippen LogP contribution in [-0.4, -0.2) is 99.9 Å². The molecule has 0 heterocycles. The number of nitrogens with zero attached hydrogens (tertiary/aromatic N) is 2. The number of allylic oxidation sites excluding steroid dienone is 1. The molecular formula is C26H31N3O8. The molecule has 3 aliphatic rings. The minimum Gasteiger partial charge on any atom is -0.510 e. The fourth-order valence-electron chi connectivity index (χ4n) is 5.97. The first-order chi connectivity index (χ1) is 17.2. The number of likely N-dealkylation sites (N-methyl/N-ethyl adjacent to an activating group) is 1. The number of nitrogens with two attached hydrogens (primary N) is 1. The van der Waals surface area contributed by atoms with Crippen molar-refractivity contribution < 1.29 is 39.6 Å². The molecule has 3 aliphatic carbocycles. The Morgan fingerprint density at radius 1 is 1.11 bits per heavy atom. The van der Waals surface area contributed by atoms with Crippen LogP contribution in [-0.2, 0) is 16.0 Å². The minimum absolute atomic E-state index is 0.0350. The van der Waals surface area contributed by atoms with Crippen molar-refractivity contribution in [2.24, 2.45) is 17.6 Å².